The fraction of sp³-hybridized carbons (Fsp3) is 0.125. The van der Waals surface area contributed by atoms with Gasteiger partial charge in [0.25, 0.3) is 5.91 Å². The number of rotatable bonds is 3. The van der Waals surface area contributed by atoms with Gasteiger partial charge >= 0.3 is 0 Å². The van der Waals surface area contributed by atoms with E-state index < -0.39 is 11.7 Å². The number of carbonyl (C=O) groups excluding carboxylic acids is 1. The van der Waals surface area contributed by atoms with E-state index in [1.165, 1.54) is 30.5 Å². The zero-order valence-electron chi connectivity index (χ0n) is 11.6. The molecule has 1 heterocycles. The average molecular weight is 300 g/mol. The predicted octanol–water partition coefficient (Wildman–Crippen LogP) is 2.36. The molecule has 0 saturated carbocycles. The molecule has 0 saturated heterocycles. The minimum atomic E-state index is -0.409. The van der Waals surface area contributed by atoms with Gasteiger partial charge in [-0.1, -0.05) is 0 Å². The van der Waals surface area contributed by atoms with Gasteiger partial charge < -0.3 is 9.47 Å². The van der Waals surface area contributed by atoms with Crippen molar-refractivity contribution in [1.82, 2.24) is 5.43 Å². The molecule has 0 unspecified atom stereocenters. The zero-order valence-corrected chi connectivity index (χ0v) is 11.6. The molecule has 0 aromatic heterocycles. The van der Waals surface area contributed by atoms with Crippen LogP contribution in [0.15, 0.2) is 47.6 Å². The monoisotopic (exact) mass is 300 g/mol. The van der Waals surface area contributed by atoms with Crippen LogP contribution >= 0.6 is 0 Å². The summed E-state index contributed by atoms with van der Waals surface area (Å²) in [5.41, 5.74) is 3.48. The molecule has 1 aliphatic rings. The molecule has 1 amide bonds. The van der Waals surface area contributed by atoms with Gasteiger partial charge in [0, 0.05) is 5.56 Å². The van der Waals surface area contributed by atoms with E-state index in [1.54, 1.807) is 18.2 Å². The molecule has 2 aromatic rings. The van der Waals surface area contributed by atoms with E-state index in [2.05, 4.69) is 10.5 Å². The topological polar surface area (TPSA) is 59.9 Å². The fourth-order valence-corrected chi connectivity index (χ4v) is 1.97. The van der Waals surface area contributed by atoms with Crippen LogP contribution in [0, 0.1) is 5.82 Å². The molecule has 112 valence electrons. The highest BCUT2D eigenvalue weighted by atomic mass is 19.1. The van der Waals surface area contributed by atoms with Crippen LogP contribution in [0.3, 0.4) is 0 Å². The summed E-state index contributed by atoms with van der Waals surface area (Å²) < 4.78 is 23.7. The maximum atomic E-state index is 12.8. The van der Waals surface area contributed by atoms with Crippen molar-refractivity contribution in [3.05, 3.63) is 59.4 Å². The minimum absolute atomic E-state index is 0.334. The Morgan fingerprint density at radius 2 is 1.82 bits per heavy atom. The summed E-state index contributed by atoms with van der Waals surface area (Å²) in [6, 6.07) is 10.6. The van der Waals surface area contributed by atoms with E-state index >= 15 is 0 Å². The first-order valence-corrected chi connectivity index (χ1v) is 6.71. The molecule has 0 atom stereocenters. The lowest BCUT2D eigenvalue weighted by molar-refractivity contribution is 0.0955. The number of hydrazone groups is 1. The third-order valence-electron chi connectivity index (χ3n) is 3.05. The summed E-state index contributed by atoms with van der Waals surface area (Å²) in [5, 5.41) is 3.87. The molecule has 1 N–H and O–H groups in total. The van der Waals surface area contributed by atoms with Crippen molar-refractivity contribution >= 4 is 12.1 Å². The Balaban J connectivity index is 1.64. The molecular formula is C16H13FN2O3. The molecule has 0 fully saturated rings. The van der Waals surface area contributed by atoms with Crippen LogP contribution in [0.4, 0.5) is 4.39 Å². The van der Waals surface area contributed by atoms with E-state index in [-0.39, 0.29) is 0 Å². The summed E-state index contributed by atoms with van der Waals surface area (Å²) >= 11 is 0. The van der Waals surface area contributed by atoms with Crippen molar-refractivity contribution in [3.63, 3.8) is 0 Å². The number of hydrogen-bond donors (Lipinski definition) is 1. The summed E-state index contributed by atoms with van der Waals surface area (Å²) in [6.07, 6.45) is 1.50. The third-order valence-corrected chi connectivity index (χ3v) is 3.05. The summed E-state index contributed by atoms with van der Waals surface area (Å²) in [5.74, 6) is 0.545. The summed E-state index contributed by atoms with van der Waals surface area (Å²) in [6.45, 7) is 1.04. The van der Waals surface area contributed by atoms with Crippen molar-refractivity contribution < 1.29 is 18.7 Å². The summed E-state index contributed by atoms with van der Waals surface area (Å²) in [7, 11) is 0. The lowest BCUT2D eigenvalue weighted by atomic mass is 10.2. The second kappa shape index (κ2) is 6.26. The second-order valence-corrected chi connectivity index (χ2v) is 4.61. The van der Waals surface area contributed by atoms with E-state index in [9.17, 15) is 9.18 Å². The van der Waals surface area contributed by atoms with Crippen LogP contribution in [0.25, 0.3) is 0 Å². The highest BCUT2D eigenvalue weighted by Gasteiger charge is 2.11. The highest BCUT2D eigenvalue weighted by molar-refractivity contribution is 5.94. The number of benzene rings is 2. The number of fused-ring (bicyclic) bond motifs is 1. The number of ether oxygens (including phenoxy) is 2. The van der Waals surface area contributed by atoms with Crippen molar-refractivity contribution in [2.75, 3.05) is 13.2 Å². The van der Waals surface area contributed by atoms with Crippen LogP contribution in [-0.4, -0.2) is 25.3 Å². The Labute approximate surface area is 126 Å². The second-order valence-electron chi connectivity index (χ2n) is 4.61. The standard InChI is InChI=1S/C16H13FN2O3/c17-13-4-2-12(3-5-13)16(20)19-18-10-11-1-6-14-15(9-11)22-8-7-21-14/h1-6,9-10H,7-8H2,(H,19,20). The van der Waals surface area contributed by atoms with E-state index in [0.717, 1.165) is 5.56 Å². The molecule has 3 rings (SSSR count). The molecular weight excluding hydrogens is 287 g/mol. The Hall–Kier alpha value is -2.89. The third kappa shape index (κ3) is 3.22. The molecule has 0 aliphatic carbocycles. The number of nitrogens with zero attached hydrogens (tertiary/aromatic N) is 1. The Morgan fingerprint density at radius 3 is 2.59 bits per heavy atom. The number of hydrogen-bond acceptors (Lipinski definition) is 4. The SMILES string of the molecule is O=C(NN=Cc1ccc2c(c1)OCCO2)c1ccc(F)cc1. The molecule has 0 spiro atoms. The van der Waals surface area contributed by atoms with Gasteiger partial charge in [0.05, 0.1) is 6.21 Å². The first-order valence-electron chi connectivity index (χ1n) is 6.71. The first-order chi connectivity index (χ1) is 10.7. The molecule has 0 radical (unpaired) electrons. The maximum Gasteiger partial charge on any atom is 0.271 e. The van der Waals surface area contributed by atoms with Gasteiger partial charge in [0.15, 0.2) is 11.5 Å². The van der Waals surface area contributed by atoms with Gasteiger partial charge in [-0.25, -0.2) is 9.82 Å². The number of halogens is 1. The molecule has 0 bridgehead atoms. The smallest absolute Gasteiger partial charge is 0.271 e. The van der Waals surface area contributed by atoms with Gasteiger partial charge in [-0.2, -0.15) is 5.10 Å². The van der Waals surface area contributed by atoms with Crippen LogP contribution in [0.2, 0.25) is 0 Å². The predicted molar refractivity (Wildman–Crippen MR) is 78.9 cm³/mol. The zero-order chi connectivity index (χ0) is 15.4. The van der Waals surface area contributed by atoms with Crippen LogP contribution < -0.4 is 14.9 Å². The van der Waals surface area contributed by atoms with Crippen LogP contribution in [0.5, 0.6) is 11.5 Å². The van der Waals surface area contributed by atoms with E-state index in [4.69, 9.17) is 9.47 Å². The van der Waals surface area contributed by atoms with Crippen molar-refractivity contribution in [2.45, 2.75) is 0 Å². The fourth-order valence-electron chi connectivity index (χ4n) is 1.97. The number of nitrogens with one attached hydrogen (secondary N) is 1. The van der Waals surface area contributed by atoms with Crippen molar-refractivity contribution in [1.29, 1.82) is 0 Å². The quantitative estimate of drug-likeness (QED) is 0.699. The summed E-state index contributed by atoms with van der Waals surface area (Å²) in [4.78, 5) is 11.8. The van der Waals surface area contributed by atoms with Gasteiger partial charge in [-0.3, -0.25) is 4.79 Å². The molecule has 1 aliphatic heterocycles. The number of carbonyl (C=O) groups is 1. The normalized spacial score (nSPS) is 13.1. The lowest BCUT2D eigenvalue weighted by Crippen LogP contribution is -2.17. The molecule has 6 heteroatoms. The molecule has 22 heavy (non-hydrogen) atoms. The van der Waals surface area contributed by atoms with E-state index in [0.29, 0.717) is 30.3 Å². The van der Waals surface area contributed by atoms with Gasteiger partial charge in [-0.05, 0) is 48.0 Å². The van der Waals surface area contributed by atoms with E-state index in [1.807, 2.05) is 0 Å². The maximum absolute atomic E-state index is 12.8. The molecule has 5 nitrogen and oxygen atoms in total. The van der Waals surface area contributed by atoms with Gasteiger partial charge in [0.2, 0.25) is 0 Å². The van der Waals surface area contributed by atoms with Crippen LogP contribution in [0.1, 0.15) is 15.9 Å². The lowest BCUT2D eigenvalue weighted by Gasteiger charge is -2.18. The Bertz CT molecular complexity index is 714. The molecule has 2 aromatic carbocycles. The largest absolute Gasteiger partial charge is 0.486 e. The Morgan fingerprint density at radius 1 is 1.09 bits per heavy atom. The highest BCUT2D eigenvalue weighted by Crippen LogP contribution is 2.30. The van der Waals surface area contributed by atoms with Gasteiger partial charge in [-0.15, -0.1) is 0 Å². The minimum Gasteiger partial charge on any atom is -0.486 e. The van der Waals surface area contributed by atoms with Crippen molar-refractivity contribution in [2.24, 2.45) is 5.10 Å². The number of amides is 1. The van der Waals surface area contributed by atoms with Gasteiger partial charge in [0.1, 0.15) is 19.0 Å². The average Bonchev–Trinajstić information content (AvgIpc) is 2.55. The van der Waals surface area contributed by atoms with Crippen LogP contribution in [-0.2, 0) is 0 Å². The Kier molecular flexibility index (Phi) is 4.00. The van der Waals surface area contributed by atoms with Crippen molar-refractivity contribution in [3.8, 4) is 11.5 Å². The first kappa shape index (κ1) is 14.1.